The molecule has 0 radical (unpaired) electrons. The molecule has 1 heterocycles. The lowest BCUT2D eigenvalue weighted by Crippen LogP contribution is -2.12. The Bertz CT molecular complexity index is 1080. The number of nitrogens with zero attached hydrogens (tertiary/aromatic N) is 2. The number of rotatable bonds is 5. The highest BCUT2D eigenvalue weighted by molar-refractivity contribution is 7.90. The molecule has 1 aromatic heterocycles. The number of hydrogen-bond donors (Lipinski definition) is 0. The average molecular weight is 400 g/mol. The summed E-state index contributed by atoms with van der Waals surface area (Å²) in [5, 5.41) is 5.47. The zero-order valence-corrected chi connectivity index (χ0v) is 16.7. The van der Waals surface area contributed by atoms with Gasteiger partial charge in [0.25, 0.3) is 0 Å². The molecule has 146 valence electrons. The summed E-state index contributed by atoms with van der Waals surface area (Å²) < 4.78 is 44.8. The summed E-state index contributed by atoms with van der Waals surface area (Å²) in [6.45, 7) is 5.87. The smallest absolute Gasteiger partial charge is 0.333 e. The number of halogens is 1. The molecular weight excluding hydrogens is 379 g/mol. The van der Waals surface area contributed by atoms with Crippen LogP contribution in [0.2, 0.25) is 0 Å². The first-order valence-corrected chi connectivity index (χ1v) is 10.2. The predicted octanol–water partition coefficient (Wildman–Crippen LogP) is 4.69. The molecule has 7 heteroatoms. The van der Waals surface area contributed by atoms with E-state index < -0.39 is 15.9 Å². The van der Waals surface area contributed by atoms with Gasteiger partial charge in [-0.2, -0.15) is 18.2 Å². The van der Waals surface area contributed by atoms with Crippen molar-refractivity contribution in [3.63, 3.8) is 0 Å². The Morgan fingerprint density at radius 3 is 2.29 bits per heavy atom. The van der Waals surface area contributed by atoms with Gasteiger partial charge in [-0.1, -0.05) is 51.1 Å². The fourth-order valence-corrected chi connectivity index (χ4v) is 3.17. The first-order chi connectivity index (χ1) is 13.1. The summed E-state index contributed by atoms with van der Waals surface area (Å²) in [7, 11) is -4.02. The van der Waals surface area contributed by atoms with Crippen LogP contribution in [0.25, 0.3) is 11.8 Å². The van der Waals surface area contributed by atoms with Crippen molar-refractivity contribution >= 4 is 16.2 Å². The van der Waals surface area contributed by atoms with Crippen molar-refractivity contribution in [2.75, 3.05) is 0 Å². The molecule has 3 aromatic rings. The minimum atomic E-state index is -4.02. The Hall–Kier alpha value is -2.93. The zero-order valence-electron chi connectivity index (χ0n) is 15.8. The number of aromatic nitrogens is 2. The van der Waals surface area contributed by atoms with Crippen molar-refractivity contribution in [1.82, 2.24) is 9.78 Å². The van der Waals surface area contributed by atoms with Crippen LogP contribution in [-0.2, 0) is 15.5 Å². The molecule has 0 fully saturated rings. The lowest BCUT2D eigenvalue weighted by Gasteiger charge is -2.13. The minimum absolute atomic E-state index is 0.0363. The highest BCUT2D eigenvalue weighted by Gasteiger charge is 2.23. The predicted molar refractivity (Wildman–Crippen MR) is 107 cm³/mol. The van der Waals surface area contributed by atoms with Crippen LogP contribution in [0.4, 0.5) is 4.39 Å². The second-order valence-electron chi connectivity index (χ2n) is 7.30. The van der Waals surface area contributed by atoms with Gasteiger partial charge in [0.05, 0.1) is 16.8 Å². The molecule has 0 atom stereocenters. The van der Waals surface area contributed by atoms with E-state index in [1.54, 1.807) is 18.2 Å². The first-order valence-electron chi connectivity index (χ1n) is 8.68. The van der Waals surface area contributed by atoms with Gasteiger partial charge in [-0.05, 0) is 35.9 Å². The Labute approximate surface area is 164 Å². The average Bonchev–Trinajstić information content (AvgIpc) is 3.05. The van der Waals surface area contributed by atoms with Gasteiger partial charge in [-0.25, -0.2) is 4.39 Å². The van der Waals surface area contributed by atoms with Gasteiger partial charge in [-0.15, -0.1) is 0 Å². The molecule has 3 rings (SSSR count). The second-order valence-corrected chi connectivity index (χ2v) is 8.72. The molecule has 0 spiro atoms. The minimum Gasteiger partial charge on any atom is -0.358 e. The Morgan fingerprint density at radius 2 is 1.68 bits per heavy atom. The van der Waals surface area contributed by atoms with E-state index in [0.717, 1.165) is 11.0 Å². The zero-order chi connectivity index (χ0) is 20.4. The fraction of sp³-hybridized carbons (Fsp3) is 0.190. The standard InChI is InChI=1S/C21H21FN2O3S/c1-21(2,3)19-15-20(24(23-19)18-11-9-17(22)10-12-18)27-28(25,26)14-13-16-7-5-4-6-8-16/h4-15H,1-3H3/b14-13+. The van der Waals surface area contributed by atoms with E-state index in [-0.39, 0.29) is 11.3 Å². The van der Waals surface area contributed by atoms with E-state index in [1.165, 1.54) is 35.0 Å². The number of benzene rings is 2. The Morgan fingerprint density at radius 1 is 1.04 bits per heavy atom. The van der Waals surface area contributed by atoms with Crippen LogP contribution in [0.5, 0.6) is 5.88 Å². The molecule has 0 aliphatic heterocycles. The summed E-state index contributed by atoms with van der Waals surface area (Å²) in [6.07, 6.45) is 1.46. The number of hydrogen-bond acceptors (Lipinski definition) is 4. The van der Waals surface area contributed by atoms with Crippen LogP contribution in [0.15, 0.2) is 66.1 Å². The summed E-state index contributed by atoms with van der Waals surface area (Å²) in [5.41, 5.74) is 1.55. The van der Waals surface area contributed by atoms with E-state index >= 15 is 0 Å². The van der Waals surface area contributed by atoms with E-state index in [9.17, 15) is 12.8 Å². The second kappa shape index (κ2) is 7.59. The molecule has 0 amide bonds. The highest BCUT2D eigenvalue weighted by atomic mass is 32.2. The summed E-state index contributed by atoms with van der Waals surface area (Å²) in [5.74, 6) is -0.359. The first kappa shape index (κ1) is 19.8. The molecule has 0 bridgehead atoms. The largest absolute Gasteiger partial charge is 0.358 e. The lowest BCUT2D eigenvalue weighted by atomic mass is 9.93. The van der Waals surface area contributed by atoms with Crippen LogP contribution in [0, 0.1) is 5.82 Å². The van der Waals surface area contributed by atoms with Gasteiger partial charge in [0.2, 0.25) is 5.88 Å². The van der Waals surface area contributed by atoms with Gasteiger partial charge < -0.3 is 4.18 Å². The molecule has 0 N–H and O–H groups in total. The van der Waals surface area contributed by atoms with Gasteiger partial charge in [0.15, 0.2) is 0 Å². The van der Waals surface area contributed by atoms with Crippen LogP contribution in [-0.4, -0.2) is 18.2 Å². The topological polar surface area (TPSA) is 61.2 Å². The van der Waals surface area contributed by atoms with Gasteiger partial charge in [-0.3, -0.25) is 0 Å². The van der Waals surface area contributed by atoms with Gasteiger partial charge in [0, 0.05) is 11.5 Å². The normalized spacial score (nSPS) is 12.4. The van der Waals surface area contributed by atoms with Crippen molar-refractivity contribution in [2.45, 2.75) is 26.2 Å². The van der Waals surface area contributed by atoms with Crippen molar-refractivity contribution < 1.29 is 17.0 Å². The Balaban J connectivity index is 1.97. The maximum absolute atomic E-state index is 13.3. The van der Waals surface area contributed by atoms with E-state index in [4.69, 9.17) is 4.18 Å². The maximum Gasteiger partial charge on any atom is 0.333 e. The summed E-state index contributed by atoms with van der Waals surface area (Å²) in [6, 6.07) is 16.2. The molecule has 0 unspecified atom stereocenters. The molecule has 0 saturated carbocycles. The SMILES string of the molecule is CC(C)(C)c1cc(OS(=O)(=O)/C=C/c2ccccc2)n(-c2ccc(F)cc2)n1. The molecule has 0 aliphatic carbocycles. The van der Waals surface area contributed by atoms with Gasteiger partial charge >= 0.3 is 10.1 Å². The quantitative estimate of drug-likeness (QED) is 0.583. The van der Waals surface area contributed by atoms with Crippen molar-refractivity contribution in [2.24, 2.45) is 0 Å². The summed E-state index contributed by atoms with van der Waals surface area (Å²) in [4.78, 5) is 0. The van der Waals surface area contributed by atoms with Gasteiger partial charge in [0.1, 0.15) is 5.82 Å². The van der Waals surface area contributed by atoms with E-state index in [2.05, 4.69) is 5.10 Å². The fourth-order valence-electron chi connectivity index (χ4n) is 2.43. The highest BCUT2D eigenvalue weighted by Crippen LogP contribution is 2.28. The van der Waals surface area contributed by atoms with Crippen LogP contribution in [0.1, 0.15) is 32.0 Å². The third-order valence-corrected chi connectivity index (χ3v) is 4.82. The monoisotopic (exact) mass is 400 g/mol. The van der Waals surface area contributed by atoms with E-state index in [1.807, 2.05) is 39.0 Å². The molecule has 0 aliphatic rings. The molecule has 5 nitrogen and oxygen atoms in total. The molecule has 2 aromatic carbocycles. The van der Waals surface area contributed by atoms with Crippen LogP contribution in [0.3, 0.4) is 0 Å². The van der Waals surface area contributed by atoms with Crippen molar-refractivity contribution in [3.8, 4) is 11.6 Å². The lowest BCUT2D eigenvalue weighted by molar-refractivity contribution is 0.474. The Kier molecular flexibility index (Phi) is 5.38. The molecular formula is C21H21FN2O3S. The van der Waals surface area contributed by atoms with Crippen LogP contribution >= 0.6 is 0 Å². The molecule has 0 saturated heterocycles. The molecule has 28 heavy (non-hydrogen) atoms. The third kappa shape index (κ3) is 4.86. The van der Waals surface area contributed by atoms with Crippen molar-refractivity contribution in [1.29, 1.82) is 0 Å². The van der Waals surface area contributed by atoms with Crippen molar-refractivity contribution in [3.05, 3.63) is 83.1 Å². The summed E-state index contributed by atoms with van der Waals surface area (Å²) >= 11 is 0. The van der Waals surface area contributed by atoms with E-state index in [0.29, 0.717) is 11.4 Å². The maximum atomic E-state index is 13.3. The van der Waals surface area contributed by atoms with Crippen LogP contribution < -0.4 is 4.18 Å². The third-order valence-electron chi connectivity index (χ3n) is 3.94.